The van der Waals surface area contributed by atoms with Crippen LogP contribution in [0.15, 0.2) is 42.1 Å². The number of aliphatic carboxylic acids is 1. The average molecular weight is 812 g/mol. The number of esters is 1. The lowest BCUT2D eigenvalue weighted by atomic mass is 9.76. The van der Waals surface area contributed by atoms with Crippen LogP contribution in [-0.2, 0) is 45.9 Å². The predicted octanol–water partition coefficient (Wildman–Crippen LogP) is 6.34. The minimum atomic E-state index is -1.36. The van der Waals surface area contributed by atoms with Crippen LogP contribution in [-0.4, -0.2) is 105 Å². The fraction of sp³-hybridized carbons (Fsp3) is 0.636. The van der Waals surface area contributed by atoms with E-state index >= 15 is 0 Å². The van der Waals surface area contributed by atoms with Crippen LogP contribution >= 0.6 is 0 Å². The van der Waals surface area contributed by atoms with Gasteiger partial charge in [0.25, 0.3) is 0 Å². The second kappa shape index (κ2) is 18.8. The number of aromatic nitrogens is 1. The molecular weight excluding hydrogens is 743 g/mol. The summed E-state index contributed by atoms with van der Waals surface area (Å²) in [5.41, 5.74) is -1.46. The number of carboxylic acids is 1. The van der Waals surface area contributed by atoms with Gasteiger partial charge in [-0.2, -0.15) is 0 Å². The number of carbonyl (C=O) groups excluding carboxylic acids is 5. The smallest absolute Gasteiger partial charge is 0.410 e. The zero-order chi connectivity index (χ0) is 44.9. The van der Waals surface area contributed by atoms with Crippen molar-refractivity contribution in [2.45, 2.75) is 151 Å². The van der Waals surface area contributed by atoms with E-state index in [-0.39, 0.29) is 24.3 Å². The van der Waals surface area contributed by atoms with Gasteiger partial charge in [-0.1, -0.05) is 72.7 Å². The molecule has 0 spiro atoms. The van der Waals surface area contributed by atoms with Crippen molar-refractivity contribution >= 4 is 46.7 Å². The number of carboxylic acid groups (broad SMARTS) is 1. The standard InChI is InChI=1S/C44H69N5O9/c1-26(2)32(24-27(3)36(51)45-30(39(54)55)22-23-33(50)57-42(7,8)9)48(16)38(53)34(41(4,5)6)46-37(52)35(49(17)40(56)58-43(10,11)12)44(13,14)29-25-47(15)31-21-19-18-20-28(29)31/h18-21,24-26,30,32,34-35H,22-23H2,1-17H3,(H,45,51)(H,46,52)(H,54,55)/b27-24+/t30-,32-,34-,35-/m1/s1. The summed E-state index contributed by atoms with van der Waals surface area (Å²) in [4.78, 5) is 83.4. The molecule has 3 N–H and O–H groups in total. The second-order valence-electron chi connectivity index (χ2n) is 19.2. The van der Waals surface area contributed by atoms with E-state index in [1.165, 1.54) is 23.8 Å². The van der Waals surface area contributed by atoms with Crippen molar-refractivity contribution in [2.75, 3.05) is 14.1 Å². The number of aryl methyl sites for hydroxylation is 1. The Bertz CT molecular complexity index is 1860. The monoisotopic (exact) mass is 812 g/mol. The number of nitrogens with zero attached hydrogens (tertiary/aromatic N) is 3. The lowest BCUT2D eigenvalue weighted by Gasteiger charge is -2.42. The van der Waals surface area contributed by atoms with E-state index in [0.717, 1.165) is 16.5 Å². The molecule has 0 aliphatic rings. The van der Waals surface area contributed by atoms with Crippen LogP contribution < -0.4 is 10.6 Å². The summed E-state index contributed by atoms with van der Waals surface area (Å²) >= 11 is 0. The lowest BCUT2D eigenvalue weighted by Crippen LogP contribution is -2.63. The quantitative estimate of drug-likeness (QED) is 0.137. The van der Waals surface area contributed by atoms with Crippen molar-refractivity contribution < 1.29 is 43.3 Å². The molecule has 0 radical (unpaired) electrons. The van der Waals surface area contributed by atoms with Gasteiger partial charge in [0, 0.05) is 55.7 Å². The molecule has 1 aromatic heterocycles. The topological polar surface area (TPSA) is 177 Å². The number of fused-ring (bicyclic) bond motifs is 1. The summed E-state index contributed by atoms with van der Waals surface area (Å²) in [6, 6.07) is 3.56. The van der Waals surface area contributed by atoms with Gasteiger partial charge in [-0.25, -0.2) is 9.59 Å². The third-order valence-corrected chi connectivity index (χ3v) is 9.91. The highest BCUT2D eigenvalue weighted by Crippen LogP contribution is 2.37. The van der Waals surface area contributed by atoms with Crippen LogP contribution in [0.25, 0.3) is 10.9 Å². The van der Waals surface area contributed by atoms with E-state index in [9.17, 15) is 33.9 Å². The average Bonchev–Trinajstić information content (AvgIpc) is 3.41. The molecule has 0 aliphatic heterocycles. The van der Waals surface area contributed by atoms with Crippen molar-refractivity contribution in [3.8, 4) is 0 Å². The first-order valence-electron chi connectivity index (χ1n) is 19.8. The van der Waals surface area contributed by atoms with E-state index in [0.29, 0.717) is 0 Å². The second-order valence-corrected chi connectivity index (χ2v) is 19.2. The molecule has 0 aliphatic carbocycles. The molecule has 2 rings (SSSR count). The SMILES string of the molecule is C/C(=C\[C@H](C(C)C)N(C)C(=O)[C@@H](NC(=O)[C@@H](N(C)C(=O)OC(C)(C)C)C(C)(C)c1cn(C)c2ccccc12)C(C)(C)C)C(=O)N[C@H](CCC(=O)OC(C)(C)C)C(=O)O. The maximum atomic E-state index is 14.8. The van der Waals surface area contributed by atoms with Gasteiger partial charge >= 0.3 is 18.0 Å². The van der Waals surface area contributed by atoms with Crippen molar-refractivity contribution in [1.29, 1.82) is 0 Å². The van der Waals surface area contributed by atoms with E-state index in [2.05, 4.69) is 10.6 Å². The van der Waals surface area contributed by atoms with Gasteiger partial charge < -0.3 is 34.7 Å². The number of rotatable bonds is 15. The van der Waals surface area contributed by atoms with Crippen molar-refractivity contribution in [3.63, 3.8) is 0 Å². The summed E-state index contributed by atoms with van der Waals surface area (Å²) in [6.07, 6.45) is 2.45. The molecule has 0 saturated carbocycles. The molecule has 0 saturated heterocycles. The molecule has 0 bridgehead atoms. The van der Waals surface area contributed by atoms with Crippen LogP contribution in [0.4, 0.5) is 4.79 Å². The summed E-state index contributed by atoms with van der Waals surface area (Å²) in [6.45, 7) is 24.9. The maximum Gasteiger partial charge on any atom is 0.410 e. The van der Waals surface area contributed by atoms with E-state index < -0.39 is 82.0 Å². The molecule has 0 unspecified atom stereocenters. The van der Waals surface area contributed by atoms with Crippen molar-refractivity contribution in [3.05, 3.63) is 47.7 Å². The number of likely N-dealkylation sites (N-methyl/N-ethyl adjacent to an activating group) is 2. The molecule has 4 atom stereocenters. The Kier molecular flexibility index (Phi) is 16.0. The number of carbonyl (C=O) groups is 6. The highest BCUT2D eigenvalue weighted by atomic mass is 16.6. The minimum Gasteiger partial charge on any atom is -0.480 e. The largest absolute Gasteiger partial charge is 0.480 e. The van der Waals surface area contributed by atoms with Crippen LogP contribution in [0.3, 0.4) is 0 Å². The molecule has 14 heteroatoms. The minimum absolute atomic E-state index is 0.161. The van der Waals surface area contributed by atoms with Crippen LogP contribution in [0, 0.1) is 11.3 Å². The summed E-state index contributed by atoms with van der Waals surface area (Å²) < 4.78 is 13.0. The zero-order valence-corrected chi connectivity index (χ0v) is 37.8. The molecule has 14 nitrogen and oxygen atoms in total. The van der Waals surface area contributed by atoms with E-state index in [1.807, 2.05) is 90.5 Å². The Hall–Kier alpha value is -4.88. The first-order valence-corrected chi connectivity index (χ1v) is 19.8. The predicted molar refractivity (Wildman–Crippen MR) is 225 cm³/mol. The third kappa shape index (κ3) is 13.1. The molecular formula is C44H69N5O9. The zero-order valence-electron chi connectivity index (χ0n) is 37.8. The number of nitrogens with one attached hydrogen (secondary N) is 2. The van der Waals surface area contributed by atoms with E-state index in [1.54, 1.807) is 54.7 Å². The van der Waals surface area contributed by atoms with Gasteiger partial charge in [-0.15, -0.1) is 0 Å². The molecule has 58 heavy (non-hydrogen) atoms. The number of benzene rings is 1. The molecule has 1 heterocycles. The van der Waals surface area contributed by atoms with Crippen LogP contribution in [0.1, 0.15) is 115 Å². The number of amides is 4. The fourth-order valence-corrected chi connectivity index (χ4v) is 6.92. The Labute approximate surface area is 345 Å². The summed E-state index contributed by atoms with van der Waals surface area (Å²) in [7, 11) is 5.02. The van der Waals surface area contributed by atoms with Crippen molar-refractivity contribution in [2.24, 2.45) is 18.4 Å². The van der Waals surface area contributed by atoms with Crippen LogP contribution in [0.2, 0.25) is 0 Å². The van der Waals surface area contributed by atoms with E-state index in [4.69, 9.17) is 9.47 Å². The van der Waals surface area contributed by atoms with Gasteiger partial charge in [0.2, 0.25) is 17.7 Å². The van der Waals surface area contributed by atoms with Gasteiger partial charge in [0.15, 0.2) is 0 Å². The third-order valence-electron chi connectivity index (χ3n) is 9.91. The molecule has 4 amide bonds. The normalized spacial score (nSPS) is 14.9. The Morgan fingerprint density at radius 3 is 1.90 bits per heavy atom. The number of hydrogen-bond acceptors (Lipinski definition) is 8. The first-order chi connectivity index (χ1) is 26.3. The van der Waals surface area contributed by atoms with Crippen molar-refractivity contribution in [1.82, 2.24) is 25.0 Å². The number of hydrogen-bond donors (Lipinski definition) is 3. The lowest BCUT2D eigenvalue weighted by molar-refractivity contribution is -0.155. The fourth-order valence-electron chi connectivity index (χ4n) is 6.92. The molecule has 324 valence electrons. The Balaban J connectivity index is 2.51. The first kappa shape index (κ1) is 49.3. The molecule has 2 aromatic rings. The van der Waals surface area contributed by atoms with Gasteiger partial charge in [-0.05, 0) is 77.8 Å². The highest BCUT2D eigenvalue weighted by Gasteiger charge is 2.47. The maximum absolute atomic E-state index is 14.8. The van der Waals surface area contributed by atoms with Crippen LogP contribution in [0.5, 0.6) is 0 Å². The van der Waals surface area contributed by atoms with Gasteiger partial charge in [0.05, 0.1) is 6.04 Å². The number of ether oxygens (including phenoxy) is 2. The molecule has 0 fully saturated rings. The number of para-hydroxylation sites is 1. The van der Waals surface area contributed by atoms with Gasteiger partial charge in [-0.3, -0.25) is 24.1 Å². The Morgan fingerprint density at radius 1 is 0.845 bits per heavy atom. The Morgan fingerprint density at radius 2 is 1.40 bits per heavy atom. The summed E-state index contributed by atoms with van der Waals surface area (Å²) in [5, 5.41) is 16.2. The highest BCUT2D eigenvalue weighted by molar-refractivity contribution is 5.96. The molecule has 1 aromatic carbocycles. The van der Waals surface area contributed by atoms with Gasteiger partial charge in [0.1, 0.15) is 29.3 Å². The summed E-state index contributed by atoms with van der Waals surface area (Å²) in [5.74, 6) is -3.78.